The zero-order chi connectivity index (χ0) is 19.7. The molecule has 0 saturated heterocycles. The number of hydrogen-bond donors (Lipinski definition) is 1. The third kappa shape index (κ3) is 4.32. The lowest BCUT2D eigenvalue weighted by atomic mass is 10.2. The molecule has 1 N–H and O–H groups in total. The van der Waals surface area contributed by atoms with Crippen LogP contribution in [0.2, 0.25) is 0 Å². The van der Waals surface area contributed by atoms with Crippen molar-refractivity contribution in [2.45, 2.75) is 40.3 Å². The lowest BCUT2D eigenvalue weighted by Gasteiger charge is -2.13. The zero-order valence-electron chi connectivity index (χ0n) is 15.6. The quantitative estimate of drug-likeness (QED) is 0.555. The van der Waals surface area contributed by atoms with Crippen LogP contribution in [0.15, 0.2) is 39.4 Å². The van der Waals surface area contributed by atoms with Gasteiger partial charge in [-0.25, -0.2) is 0 Å². The summed E-state index contributed by atoms with van der Waals surface area (Å²) in [5.41, 5.74) is 4.72. The molecule has 2 heterocycles. The first-order valence-electron chi connectivity index (χ1n) is 8.57. The summed E-state index contributed by atoms with van der Waals surface area (Å²) in [7, 11) is 0. The third-order valence-electron chi connectivity index (χ3n) is 4.45. The Bertz CT molecular complexity index is 973. The van der Waals surface area contributed by atoms with Gasteiger partial charge in [0.25, 0.3) is 0 Å². The highest BCUT2D eigenvalue weighted by Gasteiger charge is 2.17. The van der Waals surface area contributed by atoms with Crippen LogP contribution < -0.4 is 5.32 Å². The van der Waals surface area contributed by atoms with Crippen LogP contribution in [0.25, 0.3) is 0 Å². The number of halogens is 2. The maximum atomic E-state index is 12.6. The molecule has 27 heavy (non-hydrogen) atoms. The predicted molar refractivity (Wildman–Crippen MR) is 113 cm³/mol. The second-order valence-corrected chi connectivity index (χ2v) is 8.20. The van der Waals surface area contributed by atoms with Crippen molar-refractivity contribution in [2.75, 3.05) is 5.32 Å². The average Bonchev–Trinajstić information content (AvgIpc) is 3.08. The van der Waals surface area contributed by atoms with E-state index in [1.165, 1.54) is 0 Å². The Labute approximate surface area is 175 Å². The van der Waals surface area contributed by atoms with E-state index in [0.717, 1.165) is 37.3 Å². The number of hydrogen-bond acceptors (Lipinski definition) is 3. The molecular formula is C19H21Br2N5O. The largest absolute Gasteiger partial charge is 0.324 e. The van der Waals surface area contributed by atoms with Gasteiger partial charge in [-0.3, -0.25) is 14.2 Å². The highest BCUT2D eigenvalue weighted by Crippen LogP contribution is 2.22. The minimum atomic E-state index is -0.411. The van der Waals surface area contributed by atoms with Gasteiger partial charge < -0.3 is 5.32 Å². The monoisotopic (exact) mass is 493 g/mol. The van der Waals surface area contributed by atoms with E-state index in [1.54, 1.807) is 4.68 Å². The fourth-order valence-corrected chi connectivity index (χ4v) is 3.35. The molecule has 0 radical (unpaired) electrons. The Kier molecular flexibility index (Phi) is 5.86. The molecule has 3 rings (SSSR count). The second kappa shape index (κ2) is 7.98. The molecule has 0 aliphatic rings. The van der Waals surface area contributed by atoms with E-state index in [2.05, 4.69) is 47.4 Å². The first-order valence-corrected chi connectivity index (χ1v) is 10.2. The molecule has 6 nitrogen and oxygen atoms in total. The summed E-state index contributed by atoms with van der Waals surface area (Å²) in [4.78, 5) is 12.6. The number of aromatic nitrogens is 4. The molecule has 2 aromatic heterocycles. The number of benzene rings is 1. The number of anilines is 1. The van der Waals surface area contributed by atoms with Crippen LogP contribution >= 0.6 is 31.9 Å². The van der Waals surface area contributed by atoms with E-state index in [1.807, 2.05) is 62.8 Å². The van der Waals surface area contributed by atoms with Gasteiger partial charge in [0.2, 0.25) is 5.91 Å². The van der Waals surface area contributed by atoms with Gasteiger partial charge in [0.15, 0.2) is 0 Å². The Morgan fingerprint density at radius 1 is 1.19 bits per heavy atom. The maximum absolute atomic E-state index is 12.6. The third-order valence-corrected chi connectivity index (χ3v) is 6.38. The molecule has 1 aromatic carbocycles. The van der Waals surface area contributed by atoms with E-state index in [0.29, 0.717) is 6.54 Å². The Morgan fingerprint density at radius 3 is 2.52 bits per heavy atom. The number of carbonyl (C=O) groups is 1. The molecular weight excluding hydrogens is 474 g/mol. The Hall–Kier alpha value is -1.93. The second-order valence-electron chi connectivity index (χ2n) is 6.55. The van der Waals surface area contributed by atoms with Crippen LogP contribution in [0.3, 0.4) is 0 Å². The van der Waals surface area contributed by atoms with Crippen molar-refractivity contribution in [3.8, 4) is 0 Å². The summed E-state index contributed by atoms with van der Waals surface area (Å²) in [5, 5.41) is 11.9. The number of amides is 1. The molecule has 142 valence electrons. The van der Waals surface area contributed by atoms with Gasteiger partial charge in [-0.1, -0.05) is 12.1 Å². The van der Waals surface area contributed by atoms with E-state index in [-0.39, 0.29) is 5.91 Å². The highest BCUT2D eigenvalue weighted by atomic mass is 79.9. The van der Waals surface area contributed by atoms with Crippen molar-refractivity contribution in [1.29, 1.82) is 0 Å². The van der Waals surface area contributed by atoms with Crippen molar-refractivity contribution in [2.24, 2.45) is 0 Å². The van der Waals surface area contributed by atoms with E-state index in [4.69, 9.17) is 0 Å². The summed E-state index contributed by atoms with van der Waals surface area (Å²) in [6, 6.07) is 7.41. The van der Waals surface area contributed by atoms with Crippen LogP contribution in [0.5, 0.6) is 0 Å². The minimum absolute atomic E-state index is 0.115. The number of aryl methyl sites for hydroxylation is 2. The summed E-state index contributed by atoms with van der Waals surface area (Å²) in [6.07, 6.45) is 1.82. The van der Waals surface area contributed by atoms with Gasteiger partial charge in [-0.05, 0) is 77.3 Å². The summed E-state index contributed by atoms with van der Waals surface area (Å²) < 4.78 is 5.53. The number of rotatable bonds is 5. The first-order chi connectivity index (χ1) is 12.8. The fraction of sp³-hybridized carbons (Fsp3) is 0.316. The minimum Gasteiger partial charge on any atom is -0.324 e. The molecule has 0 fully saturated rings. The average molecular weight is 495 g/mol. The predicted octanol–water partition coefficient (Wildman–Crippen LogP) is 4.78. The Balaban J connectivity index is 1.73. The van der Waals surface area contributed by atoms with Gasteiger partial charge in [-0.2, -0.15) is 10.2 Å². The smallest absolute Gasteiger partial charge is 0.248 e. The lowest BCUT2D eigenvalue weighted by Crippen LogP contribution is -2.24. The van der Waals surface area contributed by atoms with Crippen LogP contribution in [0.1, 0.15) is 35.6 Å². The van der Waals surface area contributed by atoms with E-state index >= 15 is 0 Å². The van der Waals surface area contributed by atoms with Crippen LogP contribution in [-0.4, -0.2) is 25.5 Å². The molecule has 1 amide bonds. The molecule has 0 spiro atoms. The number of nitrogens with zero attached hydrogens (tertiary/aromatic N) is 4. The van der Waals surface area contributed by atoms with E-state index in [9.17, 15) is 4.79 Å². The molecule has 8 heteroatoms. The molecule has 0 saturated carbocycles. The van der Waals surface area contributed by atoms with Crippen molar-refractivity contribution < 1.29 is 4.79 Å². The highest BCUT2D eigenvalue weighted by molar-refractivity contribution is 9.10. The lowest BCUT2D eigenvalue weighted by molar-refractivity contribution is -0.119. The van der Waals surface area contributed by atoms with Gasteiger partial charge in [0.05, 0.1) is 32.6 Å². The molecule has 0 bridgehead atoms. The summed E-state index contributed by atoms with van der Waals surface area (Å²) in [6.45, 7) is 8.36. The topological polar surface area (TPSA) is 64.7 Å². The van der Waals surface area contributed by atoms with Gasteiger partial charge >= 0.3 is 0 Å². The Morgan fingerprint density at radius 2 is 1.93 bits per heavy atom. The fourth-order valence-electron chi connectivity index (χ4n) is 2.77. The standard InChI is InChI=1S/C19H21Br2N5O/c1-11-17(20)10-26(23-11)14(4)19(27)22-16-7-5-6-15(8-16)9-25-13(3)18(21)12(2)24-25/h5-8,10,14H,9H2,1-4H3,(H,22,27). The molecule has 0 aliphatic carbocycles. The molecule has 1 atom stereocenters. The zero-order valence-corrected chi connectivity index (χ0v) is 18.8. The molecule has 0 aliphatic heterocycles. The van der Waals surface area contributed by atoms with Crippen molar-refractivity contribution >= 4 is 43.5 Å². The summed E-state index contributed by atoms with van der Waals surface area (Å²) in [5.74, 6) is -0.115. The van der Waals surface area contributed by atoms with Crippen molar-refractivity contribution in [3.63, 3.8) is 0 Å². The number of carbonyl (C=O) groups excluding carboxylic acids is 1. The van der Waals surface area contributed by atoms with Gasteiger partial charge in [0.1, 0.15) is 6.04 Å². The number of nitrogens with one attached hydrogen (secondary N) is 1. The van der Waals surface area contributed by atoms with Crippen LogP contribution in [-0.2, 0) is 11.3 Å². The van der Waals surface area contributed by atoms with Crippen LogP contribution in [0, 0.1) is 20.8 Å². The van der Waals surface area contributed by atoms with Gasteiger partial charge in [-0.15, -0.1) is 0 Å². The normalized spacial score (nSPS) is 12.2. The van der Waals surface area contributed by atoms with E-state index < -0.39 is 6.04 Å². The van der Waals surface area contributed by atoms with Crippen molar-refractivity contribution in [1.82, 2.24) is 19.6 Å². The van der Waals surface area contributed by atoms with Crippen molar-refractivity contribution in [3.05, 3.63) is 62.1 Å². The van der Waals surface area contributed by atoms with Crippen LogP contribution in [0.4, 0.5) is 5.69 Å². The van der Waals surface area contributed by atoms with Gasteiger partial charge in [0, 0.05) is 11.9 Å². The SMILES string of the molecule is Cc1nn(C(C)C(=O)Nc2cccc(Cn3nc(C)c(Br)c3C)c2)cc1Br. The molecule has 3 aromatic rings. The molecule has 1 unspecified atom stereocenters. The summed E-state index contributed by atoms with van der Waals surface area (Å²) >= 11 is 6.98. The first kappa shape index (κ1) is 19.8. The maximum Gasteiger partial charge on any atom is 0.248 e.